The van der Waals surface area contributed by atoms with E-state index in [2.05, 4.69) is 20.1 Å². The second-order valence-corrected chi connectivity index (χ2v) is 7.93. The van der Waals surface area contributed by atoms with E-state index in [4.69, 9.17) is 23.2 Å². The molecule has 3 heterocycles. The van der Waals surface area contributed by atoms with Gasteiger partial charge in [-0.1, -0.05) is 23.2 Å². The molecular weight excluding hydrogens is 395 g/mol. The van der Waals surface area contributed by atoms with E-state index in [0.29, 0.717) is 47.2 Å². The van der Waals surface area contributed by atoms with Crippen molar-refractivity contribution in [2.45, 2.75) is 18.4 Å². The van der Waals surface area contributed by atoms with Crippen LogP contribution in [0, 0.1) is 11.6 Å². The molecule has 0 atom stereocenters. The first-order valence-corrected chi connectivity index (χ1v) is 9.40. The second-order valence-electron chi connectivity index (χ2n) is 7.08. The number of hydrogen-bond donors (Lipinski definition) is 1. The molecule has 5 nitrogen and oxygen atoms in total. The lowest BCUT2D eigenvalue weighted by Gasteiger charge is -2.43. The van der Waals surface area contributed by atoms with Gasteiger partial charge in [0, 0.05) is 25.8 Å². The van der Waals surface area contributed by atoms with Crippen molar-refractivity contribution in [3.8, 4) is 0 Å². The van der Waals surface area contributed by atoms with Gasteiger partial charge in [-0.15, -0.1) is 0 Å². The lowest BCUT2D eigenvalue weighted by atomic mass is 10.1. The molecule has 1 saturated heterocycles. The van der Waals surface area contributed by atoms with Crippen LogP contribution in [0.4, 0.5) is 20.4 Å². The fourth-order valence-electron chi connectivity index (χ4n) is 3.94. The number of H-pyrrole nitrogens is 1. The average Bonchev–Trinajstić information content (AvgIpc) is 3.24. The summed E-state index contributed by atoms with van der Waals surface area (Å²) in [5.41, 5.74) is 0.130. The lowest BCUT2D eigenvalue weighted by Crippen LogP contribution is -2.56. The van der Waals surface area contributed by atoms with Crippen molar-refractivity contribution in [3.05, 3.63) is 46.1 Å². The Balaban J connectivity index is 1.50. The molecule has 1 aromatic carbocycles. The van der Waals surface area contributed by atoms with Crippen LogP contribution in [0.25, 0.3) is 10.9 Å². The zero-order valence-electron chi connectivity index (χ0n) is 14.1. The third kappa shape index (κ3) is 2.63. The summed E-state index contributed by atoms with van der Waals surface area (Å²) in [7, 11) is 0. The number of nitrogens with zero attached hydrogens (tertiary/aromatic N) is 4. The molecule has 2 aromatic heterocycles. The number of fused-ring (bicyclic) bond motifs is 1. The Morgan fingerprint density at radius 1 is 1.07 bits per heavy atom. The van der Waals surface area contributed by atoms with Crippen LogP contribution in [0.1, 0.15) is 12.8 Å². The minimum absolute atomic E-state index is 0.177. The number of anilines is 2. The predicted octanol–water partition coefficient (Wildman–Crippen LogP) is 4.40. The number of aromatic amines is 1. The Morgan fingerprint density at radius 3 is 2.63 bits per heavy atom. The third-order valence-electron chi connectivity index (χ3n) is 5.42. The Bertz CT molecular complexity index is 1050. The second kappa shape index (κ2) is 5.94. The van der Waals surface area contributed by atoms with Crippen LogP contribution in [0.3, 0.4) is 0 Å². The number of halogens is 4. The van der Waals surface area contributed by atoms with Crippen LogP contribution in [-0.4, -0.2) is 40.4 Å². The Labute approximate surface area is 163 Å². The predicted molar refractivity (Wildman–Crippen MR) is 102 cm³/mol. The number of rotatable bonds is 2. The quantitative estimate of drug-likeness (QED) is 0.681. The van der Waals surface area contributed by atoms with Crippen molar-refractivity contribution >= 4 is 45.7 Å². The number of benzene rings is 1. The zero-order chi connectivity index (χ0) is 18.8. The van der Waals surface area contributed by atoms with Crippen LogP contribution in [0.15, 0.2) is 24.4 Å². The maximum Gasteiger partial charge on any atom is 0.167 e. The molecule has 0 unspecified atom stereocenters. The normalized spacial score (nSPS) is 18.5. The van der Waals surface area contributed by atoms with Crippen LogP contribution < -0.4 is 9.80 Å². The highest BCUT2D eigenvalue weighted by Crippen LogP contribution is 2.48. The summed E-state index contributed by atoms with van der Waals surface area (Å²) in [5.74, 6) is 0.142. The van der Waals surface area contributed by atoms with Crippen molar-refractivity contribution in [1.29, 1.82) is 0 Å². The van der Waals surface area contributed by atoms with Crippen LogP contribution in [0.2, 0.25) is 10.0 Å². The molecule has 1 saturated carbocycles. The van der Waals surface area contributed by atoms with E-state index in [1.807, 2.05) is 4.90 Å². The van der Waals surface area contributed by atoms with Gasteiger partial charge >= 0.3 is 0 Å². The maximum atomic E-state index is 14.3. The highest BCUT2D eigenvalue weighted by molar-refractivity contribution is 6.36. The van der Waals surface area contributed by atoms with Gasteiger partial charge in [-0.2, -0.15) is 5.10 Å². The van der Waals surface area contributed by atoms with E-state index in [0.717, 1.165) is 12.8 Å². The molecule has 5 rings (SSSR count). The fourth-order valence-corrected chi connectivity index (χ4v) is 4.33. The van der Waals surface area contributed by atoms with Crippen molar-refractivity contribution in [3.63, 3.8) is 0 Å². The minimum Gasteiger partial charge on any atom is -0.350 e. The van der Waals surface area contributed by atoms with E-state index < -0.39 is 5.82 Å². The van der Waals surface area contributed by atoms with Crippen molar-refractivity contribution < 1.29 is 8.78 Å². The summed E-state index contributed by atoms with van der Waals surface area (Å²) in [4.78, 5) is 8.27. The smallest absolute Gasteiger partial charge is 0.167 e. The Morgan fingerprint density at radius 2 is 1.89 bits per heavy atom. The van der Waals surface area contributed by atoms with Crippen molar-refractivity contribution in [1.82, 2.24) is 15.2 Å². The Kier molecular flexibility index (Phi) is 3.74. The van der Waals surface area contributed by atoms with E-state index in [1.54, 1.807) is 6.07 Å². The molecule has 2 fully saturated rings. The highest BCUT2D eigenvalue weighted by atomic mass is 35.5. The average molecular weight is 410 g/mol. The molecule has 0 radical (unpaired) electrons. The van der Waals surface area contributed by atoms with E-state index in [9.17, 15) is 8.78 Å². The molecule has 0 bridgehead atoms. The number of aromatic nitrogens is 3. The van der Waals surface area contributed by atoms with Gasteiger partial charge < -0.3 is 9.80 Å². The number of nitrogens with one attached hydrogen (secondary N) is 1. The van der Waals surface area contributed by atoms with Gasteiger partial charge in [-0.25, -0.2) is 13.8 Å². The molecule has 1 aliphatic carbocycles. The van der Waals surface area contributed by atoms with Gasteiger partial charge in [0.25, 0.3) is 0 Å². The molecule has 1 spiro atoms. The van der Waals surface area contributed by atoms with Crippen LogP contribution in [0.5, 0.6) is 0 Å². The molecule has 9 heteroatoms. The molecule has 2 aliphatic rings. The standard InChI is InChI=1S/C18H15Cl2F2N5/c19-10-7-13(22)16(23-8-10)26-5-6-27(18(9-26)3-4-18)17-14-11(20)1-2-12(21)15(14)24-25-17/h1-2,7-8H,3-6,9H2,(H,24,25). The van der Waals surface area contributed by atoms with Gasteiger partial charge in [-0.05, 0) is 31.0 Å². The first-order chi connectivity index (χ1) is 13.0. The summed E-state index contributed by atoms with van der Waals surface area (Å²) in [6.45, 7) is 1.78. The summed E-state index contributed by atoms with van der Waals surface area (Å²) in [6, 6.07) is 4.15. The monoisotopic (exact) mass is 409 g/mol. The van der Waals surface area contributed by atoms with Gasteiger partial charge in [0.2, 0.25) is 0 Å². The maximum absolute atomic E-state index is 14.3. The number of piperazine rings is 1. The minimum atomic E-state index is -0.429. The zero-order valence-corrected chi connectivity index (χ0v) is 15.7. The topological polar surface area (TPSA) is 48.1 Å². The fraction of sp³-hybridized carbons (Fsp3) is 0.333. The third-order valence-corrected chi connectivity index (χ3v) is 5.94. The van der Waals surface area contributed by atoms with Gasteiger partial charge in [0.05, 0.1) is 21.0 Å². The van der Waals surface area contributed by atoms with Crippen LogP contribution >= 0.6 is 23.2 Å². The first-order valence-electron chi connectivity index (χ1n) is 8.64. The van der Waals surface area contributed by atoms with E-state index >= 15 is 0 Å². The molecular formula is C18H15Cl2F2N5. The summed E-state index contributed by atoms with van der Waals surface area (Å²) >= 11 is 12.1. The summed E-state index contributed by atoms with van der Waals surface area (Å²) in [6.07, 6.45) is 3.34. The molecule has 27 heavy (non-hydrogen) atoms. The molecule has 140 valence electrons. The SMILES string of the molecule is Fc1cc(Cl)cnc1N1CCN(c2n[nH]c3c(F)ccc(Cl)c23)C2(CC2)C1. The molecule has 3 aromatic rings. The summed E-state index contributed by atoms with van der Waals surface area (Å²) < 4.78 is 28.4. The largest absolute Gasteiger partial charge is 0.350 e. The van der Waals surface area contributed by atoms with Crippen molar-refractivity contribution in [2.75, 3.05) is 29.4 Å². The van der Waals surface area contributed by atoms with Gasteiger partial charge in [-0.3, -0.25) is 5.10 Å². The lowest BCUT2D eigenvalue weighted by molar-refractivity contribution is 0.494. The van der Waals surface area contributed by atoms with Gasteiger partial charge in [0.15, 0.2) is 17.5 Å². The van der Waals surface area contributed by atoms with E-state index in [-0.39, 0.29) is 16.4 Å². The van der Waals surface area contributed by atoms with Gasteiger partial charge in [0.1, 0.15) is 11.3 Å². The number of hydrogen-bond acceptors (Lipinski definition) is 4. The van der Waals surface area contributed by atoms with E-state index in [1.165, 1.54) is 18.3 Å². The first kappa shape index (κ1) is 17.0. The van der Waals surface area contributed by atoms with Crippen LogP contribution in [-0.2, 0) is 0 Å². The highest BCUT2D eigenvalue weighted by Gasteiger charge is 2.53. The van der Waals surface area contributed by atoms with Crippen molar-refractivity contribution in [2.24, 2.45) is 0 Å². The number of pyridine rings is 1. The molecule has 1 aliphatic heterocycles. The molecule has 1 N–H and O–H groups in total. The summed E-state index contributed by atoms with van der Waals surface area (Å²) in [5, 5.41) is 8.44. The molecule has 0 amide bonds. The Hall–Kier alpha value is -2.12.